The Morgan fingerprint density at radius 1 is 1.25 bits per heavy atom. The molecule has 0 unspecified atom stereocenters. The molecule has 1 N–H and O–H groups in total. The molecular formula is C12H16FNO2. The molecule has 2 rings (SSSR count). The van der Waals surface area contributed by atoms with Gasteiger partial charge in [0.15, 0.2) is 11.5 Å². The Kier molecular flexibility index (Phi) is 3.29. The number of hydrogen-bond donors (Lipinski definition) is 1. The number of benzene rings is 1. The maximum atomic E-state index is 13.8. The van der Waals surface area contributed by atoms with Gasteiger partial charge in [-0.15, -0.1) is 0 Å². The van der Waals surface area contributed by atoms with E-state index in [1.54, 1.807) is 13.2 Å². The number of rotatable bonds is 3. The minimum absolute atomic E-state index is 0.0970. The van der Waals surface area contributed by atoms with Crippen molar-refractivity contribution in [2.24, 2.45) is 0 Å². The third kappa shape index (κ3) is 1.97. The molecule has 1 aromatic rings. The highest BCUT2D eigenvalue weighted by Crippen LogP contribution is 2.34. The molecule has 0 amide bonds. The summed E-state index contributed by atoms with van der Waals surface area (Å²) in [6, 6.07) is 3.20. The van der Waals surface area contributed by atoms with Crippen LogP contribution < -0.4 is 14.8 Å². The van der Waals surface area contributed by atoms with Crippen molar-refractivity contribution in [3.63, 3.8) is 0 Å². The summed E-state index contributed by atoms with van der Waals surface area (Å²) < 4.78 is 24.1. The van der Waals surface area contributed by atoms with Crippen molar-refractivity contribution in [1.29, 1.82) is 0 Å². The Hall–Kier alpha value is -1.29. The van der Waals surface area contributed by atoms with Gasteiger partial charge >= 0.3 is 0 Å². The molecule has 88 valence electrons. The van der Waals surface area contributed by atoms with Crippen LogP contribution in [0.5, 0.6) is 11.5 Å². The summed E-state index contributed by atoms with van der Waals surface area (Å²) >= 11 is 0. The first-order valence-electron chi connectivity index (χ1n) is 5.41. The van der Waals surface area contributed by atoms with Crippen molar-refractivity contribution in [1.82, 2.24) is 5.32 Å². The summed E-state index contributed by atoms with van der Waals surface area (Å²) in [5, 5.41) is 3.27. The molecule has 1 aromatic carbocycles. The lowest BCUT2D eigenvalue weighted by molar-refractivity contribution is 0.350. The lowest BCUT2D eigenvalue weighted by Crippen LogP contribution is -2.14. The third-order valence-electron chi connectivity index (χ3n) is 2.94. The fourth-order valence-electron chi connectivity index (χ4n) is 2.09. The van der Waals surface area contributed by atoms with E-state index in [0.29, 0.717) is 17.1 Å². The summed E-state index contributed by atoms with van der Waals surface area (Å²) in [6.07, 6.45) is 2.05. The second-order valence-electron chi connectivity index (χ2n) is 3.88. The molecule has 0 bridgehead atoms. The topological polar surface area (TPSA) is 30.5 Å². The van der Waals surface area contributed by atoms with Gasteiger partial charge in [0.05, 0.1) is 14.2 Å². The summed E-state index contributed by atoms with van der Waals surface area (Å²) in [7, 11) is 3.06. The number of hydrogen-bond acceptors (Lipinski definition) is 3. The average molecular weight is 225 g/mol. The van der Waals surface area contributed by atoms with Crippen LogP contribution in [0.2, 0.25) is 0 Å². The van der Waals surface area contributed by atoms with Crippen molar-refractivity contribution < 1.29 is 13.9 Å². The van der Waals surface area contributed by atoms with Crippen LogP contribution in [0.4, 0.5) is 4.39 Å². The van der Waals surface area contributed by atoms with E-state index in [1.165, 1.54) is 13.2 Å². The van der Waals surface area contributed by atoms with Crippen LogP contribution in [-0.4, -0.2) is 20.8 Å². The fraction of sp³-hybridized carbons (Fsp3) is 0.500. The molecule has 1 heterocycles. The van der Waals surface area contributed by atoms with Gasteiger partial charge in [0.25, 0.3) is 0 Å². The predicted molar refractivity (Wildman–Crippen MR) is 59.5 cm³/mol. The van der Waals surface area contributed by atoms with Gasteiger partial charge in [0.1, 0.15) is 5.82 Å². The molecule has 3 nitrogen and oxygen atoms in total. The highest BCUT2D eigenvalue weighted by Gasteiger charge is 2.21. The largest absolute Gasteiger partial charge is 0.493 e. The number of halogens is 1. The molecule has 1 aliphatic heterocycles. The Morgan fingerprint density at radius 2 is 1.94 bits per heavy atom. The molecule has 1 aliphatic rings. The van der Waals surface area contributed by atoms with Gasteiger partial charge in [0.2, 0.25) is 0 Å². The normalized spacial score (nSPS) is 19.8. The molecule has 0 spiro atoms. The SMILES string of the molecule is COc1cc(F)c([C@H]2CCCN2)cc1OC. The maximum absolute atomic E-state index is 13.8. The Labute approximate surface area is 94.6 Å². The standard InChI is InChI=1S/C12H16FNO2/c1-15-11-6-8(10-4-3-5-14-10)9(13)7-12(11)16-2/h6-7,10,14H,3-5H2,1-2H3/t10-/m1/s1. The highest BCUT2D eigenvalue weighted by molar-refractivity contribution is 5.44. The van der Waals surface area contributed by atoms with Crippen LogP contribution in [-0.2, 0) is 0 Å². The van der Waals surface area contributed by atoms with Crippen LogP contribution >= 0.6 is 0 Å². The second-order valence-corrected chi connectivity index (χ2v) is 3.88. The highest BCUT2D eigenvalue weighted by atomic mass is 19.1. The minimum atomic E-state index is -0.239. The zero-order valence-corrected chi connectivity index (χ0v) is 9.55. The van der Waals surface area contributed by atoms with Gasteiger partial charge < -0.3 is 14.8 Å². The summed E-state index contributed by atoms with van der Waals surface area (Å²) in [4.78, 5) is 0. The predicted octanol–water partition coefficient (Wildman–Crippen LogP) is 2.27. The number of nitrogens with one attached hydrogen (secondary N) is 1. The lowest BCUT2D eigenvalue weighted by atomic mass is 10.0. The van der Waals surface area contributed by atoms with Crippen LogP contribution in [0.1, 0.15) is 24.4 Å². The quantitative estimate of drug-likeness (QED) is 0.856. The summed E-state index contributed by atoms with van der Waals surface area (Å²) in [5.74, 6) is 0.770. The molecule has 16 heavy (non-hydrogen) atoms. The summed E-state index contributed by atoms with van der Waals surface area (Å²) in [6.45, 7) is 0.943. The molecule has 0 aliphatic carbocycles. The van der Waals surface area contributed by atoms with Gasteiger partial charge in [-0.2, -0.15) is 0 Å². The van der Waals surface area contributed by atoms with Crippen molar-refractivity contribution in [2.45, 2.75) is 18.9 Å². The van der Waals surface area contributed by atoms with Gasteiger partial charge in [-0.3, -0.25) is 0 Å². The first kappa shape index (κ1) is 11.2. The zero-order chi connectivity index (χ0) is 11.5. The van der Waals surface area contributed by atoms with Crippen LogP contribution in [0.25, 0.3) is 0 Å². The average Bonchev–Trinajstić information content (AvgIpc) is 2.82. The van der Waals surface area contributed by atoms with Crippen molar-refractivity contribution in [3.8, 4) is 11.5 Å². The summed E-state index contributed by atoms with van der Waals surface area (Å²) in [5.41, 5.74) is 0.662. The zero-order valence-electron chi connectivity index (χ0n) is 9.55. The first-order chi connectivity index (χ1) is 7.76. The Morgan fingerprint density at radius 3 is 2.50 bits per heavy atom. The van der Waals surface area contributed by atoms with Crippen LogP contribution in [0, 0.1) is 5.82 Å². The number of ether oxygens (including phenoxy) is 2. The molecule has 1 saturated heterocycles. The van der Waals surface area contributed by atoms with E-state index in [2.05, 4.69) is 5.32 Å². The van der Waals surface area contributed by atoms with Gasteiger partial charge in [0, 0.05) is 17.7 Å². The van der Waals surface area contributed by atoms with Crippen molar-refractivity contribution in [3.05, 3.63) is 23.5 Å². The van der Waals surface area contributed by atoms with E-state index in [0.717, 1.165) is 19.4 Å². The Balaban J connectivity index is 2.37. The lowest BCUT2D eigenvalue weighted by Gasteiger charge is -2.15. The van der Waals surface area contributed by atoms with Gasteiger partial charge in [-0.05, 0) is 25.5 Å². The molecule has 0 radical (unpaired) electrons. The monoisotopic (exact) mass is 225 g/mol. The van der Waals surface area contributed by atoms with E-state index in [4.69, 9.17) is 9.47 Å². The maximum Gasteiger partial charge on any atom is 0.163 e. The van der Waals surface area contributed by atoms with Crippen molar-refractivity contribution >= 4 is 0 Å². The van der Waals surface area contributed by atoms with E-state index in [9.17, 15) is 4.39 Å². The van der Waals surface area contributed by atoms with Gasteiger partial charge in [-0.1, -0.05) is 0 Å². The second kappa shape index (κ2) is 4.70. The molecule has 1 fully saturated rings. The fourth-order valence-corrected chi connectivity index (χ4v) is 2.09. The molecule has 0 saturated carbocycles. The smallest absolute Gasteiger partial charge is 0.163 e. The van der Waals surface area contributed by atoms with E-state index in [-0.39, 0.29) is 11.9 Å². The van der Waals surface area contributed by atoms with Crippen molar-refractivity contribution in [2.75, 3.05) is 20.8 Å². The van der Waals surface area contributed by atoms with Gasteiger partial charge in [-0.25, -0.2) is 4.39 Å². The van der Waals surface area contributed by atoms with E-state index >= 15 is 0 Å². The third-order valence-corrected chi connectivity index (χ3v) is 2.94. The van der Waals surface area contributed by atoms with Crippen LogP contribution in [0.3, 0.4) is 0 Å². The molecule has 0 aromatic heterocycles. The molecule has 4 heteroatoms. The number of methoxy groups -OCH3 is 2. The Bertz CT molecular complexity index is 376. The minimum Gasteiger partial charge on any atom is -0.493 e. The van der Waals surface area contributed by atoms with E-state index < -0.39 is 0 Å². The molecular weight excluding hydrogens is 209 g/mol. The van der Waals surface area contributed by atoms with Crippen LogP contribution in [0.15, 0.2) is 12.1 Å². The van der Waals surface area contributed by atoms with E-state index in [1.807, 2.05) is 0 Å². The first-order valence-corrected chi connectivity index (χ1v) is 5.41. The molecule has 1 atom stereocenters.